The van der Waals surface area contributed by atoms with Crippen LogP contribution in [0.2, 0.25) is 0 Å². The molecule has 0 saturated heterocycles. The van der Waals surface area contributed by atoms with E-state index in [1.807, 2.05) is 29.8 Å². The van der Waals surface area contributed by atoms with E-state index in [0.717, 1.165) is 37.1 Å². The van der Waals surface area contributed by atoms with Crippen molar-refractivity contribution < 1.29 is 22.7 Å². The molecule has 2 saturated carbocycles. The van der Waals surface area contributed by atoms with E-state index >= 15 is 0 Å². The summed E-state index contributed by atoms with van der Waals surface area (Å²) in [6.45, 7) is 2.78. The Hall–Kier alpha value is -3.24. The highest BCUT2D eigenvalue weighted by atomic mass is 19.4. The van der Waals surface area contributed by atoms with E-state index in [1.165, 1.54) is 11.0 Å². The standard InChI is InChI=1S/C29H32F3N5O2/c1-27(8-5-9-27)33-14-18-10-22-23(24(11-18)29(30,31)32)15-37(25(22)38)21-7-4-6-19(12-21)28(13-20(28)16-39-3)26-35-34-17-36(26)2/h4,6-7,10-12,17,20,33H,5,8-9,13-16H2,1-3H3/t20-,28?/m1/s1. The van der Waals surface area contributed by atoms with Crippen LogP contribution in [0.4, 0.5) is 18.9 Å². The zero-order chi connectivity index (χ0) is 27.6. The SMILES string of the molecule is COC[C@H]1CC1(c1cccc(N2Cc3c(cc(CNC4(C)CCC4)cc3C(F)(F)F)C2=O)c1)c1nncn1C. The van der Waals surface area contributed by atoms with Gasteiger partial charge >= 0.3 is 6.18 Å². The predicted octanol–water partition coefficient (Wildman–Crippen LogP) is 4.98. The number of benzene rings is 2. The van der Waals surface area contributed by atoms with E-state index in [-0.39, 0.29) is 35.7 Å². The maximum absolute atomic E-state index is 14.2. The first-order valence-electron chi connectivity index (χ1n) is 13.3. The summed E-state index contributed by atoms with van der Waals surface area (Å²) in [6, 6.07) is 10.3. The van der Waals surface area contributed by atoms with Crippen molar-refractivity contribution in [1.82, 2.24) is 20.1 Å². The van der Waals surface area contributed by atoms with Gasteiger partial charge in [0.1, 0.15) is 12.2 Å². The number of aryl methyl sites for hydroxylation is 1. The van der Waals surface area contributed by atoms with Gasteiger partial charge in [-0.05, 0) is 73.6 Å². The summed E-state index contributed by atoms with van der Waals surface area (Å²) in [5, 5.41) is 11.8. The number of ether oxygens (including phenoxy) is 1. The van der Waals surface area contributed by atoms with Crippen LogP contribution in [0.25, 0.3) is 0 Å². The number of hydrogen-bond acceptors (Lipinski definition) is 5. The van der Waals surface area contributed by atoms with Crippen molar-refractivity contribution >= 4 is 11.6 Å². The molecule has 206 valence electrons. The molecule has 0 bridgehead atoms. The minimum absolute atomic E-state index is 0.0307. The monoisotopic (exact) mass is 539 g/mol. The fraction of sp³-hybridized carbons (Fsp3) is 0.483. The van der Waals surface area contributed by atoms with Crippen LogP contribution < -0.4 is 10.2 Å². The van der Waals surface area contributed by atoms with Gasteiger partial charge in [-0.2, -0.15) is 13.2 Å². The smallest absolute Gasteiger partial charge is 0.384 e. The van der Waals surface area contributed by atoms with Crippen LogP contribution in [0, 0.1) is 5.92 Å². The van der Waals surface area contributed by atoms with Crippen molar-refractivity contribution in [2.24, 2.45) is 13.0 Å². The second-order valence-electron chi connectivity index (χ2n) is 11.5. The Labute approximate surface area is 225 Å². The predicted molar refractivity (Wildman–Crippen MR) is 139 cm³/mol. The largest absolute Gasteiger partial charge is 0.416 e. The lowest BCUT2D eigenvalue weighted by Crippen LogP contribution is -2.47. The third-order valence-corrected chi connectivity index (χ3v) is 8.84. The fourth-order valence-corrected chi connectivity index (χ4v) is 6.36. The molecule has 2 fully saturated rings. The van der Waals surface area contributed by atoms with Gasteiger partial charge in [0.25, 0.3) is 5.91 Å². The van der Waals surface area contributed by atoms with Gasteiger partial charge in [-0.25, -0.2) is 0 Å². The van der Waals surface area contributed by atoms with Crippen LogP contribution in [-0.4, -0.2) is 39.9 Å². The third kappa shape index (κ3) is 4.34. The number of halogens is 3. The summed E-state index contributed by atoms with van der Waals surface area (Å²) < 4.78 is 49.9. The molecule has 2 aromatic carbocycles. The molecule has 1 aromatic heterocycles. The molecule has 1 unspecified atom stereocenters. The number of carbonyl (C=O) groups is 1. The summed E-state index contributed by atoms with van der Waals surface area (Å²) in [6.07, 6.45) is 0.995. The first-order valence-corrected chi connectivity index (χ1v) is 13.3. The van der Waals surface area contributed by atoms with Crippen molar-refractivity contribution in [1.29, 1.82) is 0 Å². The molecule has 0 spiro atoms. The van der Waals surface area contributed by atoms with Crippen LogP contribution in [0.3, 0.4) is 0 Å². The van der Waals surface area contributed by atoms with E-state index in [2.05, 4.69) is 22.4 Å². The van der Waals surface area contributed by atoms with Gasteiger partial charge in [-0.3, -0.25) is 4.79 Å². The molecule has 1 N–H and O–H groups in total. The molecule has 7 nitrogen and oxygen atoms in total. The Balaban J connectivity index is 1.34. The minimum atomic E-state index is -4.56. The first kappa shape index (κ1) is 26.0. The molecule has 3 aliphatic rings. The van der Waals surface area contributed by atoms with Crippen LogP contribution >= 0.6 is 0 Å². The molecule has 6 rings (SSSR count). The molecule has 2 heterocycles. The van der Waals surface area contributed by atoms with Crippen molar-refractivity contribution in [3.05, 3.63) is 76.4 Å². The summed E-state index contributed by atoms with van der Waals surface area (Å²) in [7, 11) is 3.55. The molecular weight excluding hydrogens is 507 g/mol. The van der Waals surface area contributed by atoms with Crippen LogP contribution in [-0.2, 0) is 36.5 Å². The molecular formula is C29H32F3N5O2. The highest BCUT2D eigenvalue weighted by Gasteiger charge is 2.59. The number of nitrogens with one attached hydrogen (secondary N) is 1. The van der Waals surface area contributed by atoms with Gasteiger partial charge < -0.3 is 19.5 Å². The van der Waals surface area contributed by atoms with E-state index in [1.54, 1.807) is 25.6 Å². The average molecular weight is 540 g/mol. The van der Waals surface area contributed by atoms with E-state index in [0.29, 0.717) is 17.9 Å². The zero-order valence-electron chi connectivity index (χ0n) is 22.3. The van der Waals surface area contributed by atoms with Crippen LogP contribution in [0.5, 0.6) is 0 Å². The quantitative estimate of drug-likeness (QED) is 0.437. The lowest BCUT2D eigenvalue weighted by atomic mass is 9.78. The summed E-state index contributed by atoms with van der Waals surface area (Å²) in [5.74, 6) is 0.562. The van der Waals surface area contributed by atoms with Gasteiger partial charge in [-0.15, -0.1) is 10.2 Å². The average Bonchev–Trinajstić information content (AvgIpc) is 3.26. The number of carbonyl (C=O) groups excluding carboxylic acids is 1. The van der Waals surface area contributed by atoms with E-state index < -0.39 is 23.1 Å². The summed E-state index contributed by atoms with van der Waals surface area (Å²) in [4.78, 5) is 15.1. The van der Waals surface area contributed by atoms with Gasteiger partial charge in [0.05, 0.1) is 24.1 Å². The molecule has 39 heavy (non-hydrogen) atoms. The Morgan fingerprint density at radius 3 is 2.64 bits per heavy atom. The number of anilines is 1. The Morgan fingerprint density at radius 2 is 2.00 bits per heavy atom. The maximum Gasteiger partial charge on any atom is 0.416 e. The van der Waals surface area contributed by atoms with Crippen LogP contribution in [0.15, 0.2) is 42.7 Å². The number of rotatable bonds is 8. The molecule has 10 heteroatoms. The molecule has 2 atom stereocenters. The highest BCUT2D eigenvalue weighted by Crippen LogP contribution is 2.58. The molecule has 1 aliphatic heterocycles. The van der Waals surface area contributed by atoms with Gasteiger partial charge in [0.15, 0.2) is 0 Å². The van der Waals surface area contributed by atoms with Crippen molar-refractivity contribution in [3.8, 4) is 0 Å². The number of aromatic nitrogens is 3. The fourth-order valence-electron chi connectivity index (χ4n) is 6.36. The van der Waals surface area contributed by atoms with Gasteiger partial charge in [0, 0.05) is 43.4 Å². The highest BCUT2D eigenvalue weighted by molar-refractivity contribution is 6.10. The summed E-state index contributed by atoms with van der Waals surface area (Å²) in [5.41, 5.74) is 0.905. The lowest BCUT2D eigenvalue weighted by molar-refractivity contribution is -0.138. The molecule has 0 radical (unpaired) electrons. The topological polar surface area (TPSA) is 72.3 Å². The number of methoxy groups -OCH3 is 1. The number of alkyl halides is 3. The van der Waals surface area contributed by atoms with E-state index in [4.69, 9.17) is 4.74 Å². The van der Waals surface area contributed by atoms with Crippen molar-refractivity contribution in [3.63, 3.8) is 0 Å². The number of hydrogen-bond donors (Lipinski definition) is 1. The van der Waals surface area contributed by atoms with Crippen LogP contribution in [0.1, 0.15) is 71.0 Å². The second-order valence-corrected chi connectivity index (χ2v) is 11.5. The normalized spacial score (nSPS) is 23.6. The van der Waals surface area contributed by atoms with Crippen molar-refractivity contribution in [2.75, 3.05) is 18.6 Å². The van der Waals surface area contributed by atoms with Gasteiger partial charge in [0.2, 0.25) is 0 Å². The lowest BCUT2D eigenvalue weighted by Gasteiger charge is -2.39. The summed E-state index contributed by atoms with van der Waals surface area (Å²) >= 11 is 0. The Kier molecular flexibility index (Phi) is 6.11. The van der Waals surface area contributed by atoms with E-state index in [9.17, 15) is 18.0 Å². The third-order valence-electron chi connectivity index (χ3n) is 8.84. The molecule has 1 amide bonds. The van der Waals surface area contributed by atoms with Gasteiger partial charge in [-0.1, -0.05) is 12.1 Å². The second kappa shape index (κ2) is 9.16. The maximum atomic E-state index is 14.2. The van der Waals surface area contributed by atoms with Crippen molar-refractivity contribution in [2.45, 2.75) is 62.8 Å². The number of amides is 1. The minimum Gasteiger partial charge on any atom is -0.384 e. The number of nitrogens with zero attached hydrogens (tertiary/aromatic N) is 4. The number of fused-ring (bicyclic) bond motifs is 1. The first-order chi connectivity index (χ1) is 18.6. The zero-order valence-corrected chi connectivity index (χ0v) is 22.3. The Bertz CT molecular complexity index is 1430. The molecule has 2 aliphatic carbocycles. The Morgan fingerprint density at radius 1 is 1.21 bits per heavy atom. The molecule has 3 aromatic rings.